The highest BCUT2D eigenvalue weighted by Crippen LogP contribution is 2.39. The molecule has 1 aromatic heterocycles. The Morgan fingerprint density at radius 3 is 2.52 bits per heavy atom. The number of amides is 1. The molecule has 1 heterocycles. The van der Waals surface area contributed by atoms with E-state index in [0.717, 1.165) is 17.0 Å². The lowest BCUT2D eigenvalue weighted by Gasteiger charge is -2.14. The van der Waals surface area contributed by atoms with Crippen LogP contribution < -0.4 is 5.32 Å². The van der Waals surface area contributed by atoms with Gasteiger partial charge in [0.15, 0.2) is 0 Å². The van der Waals surface area contributed by atoms with E-state index in [1.165, 1.54) is 7.05 Å². The third kappa shape index (κ3) is 3.31. The summed E-state index contributed by atoms with van der Waals surface area (Å²) in [6, 6.07) is 1.37. The van der Waals surface area contributed by atoms with Gasteiger partial charge in [-0.3, -0.25) is 14.3 Å². The van der Waals surface area contributed by atoms with E-state index < -0.39 is 39.1 Å². The fraction of sp³-hybridized carbons (Fsp3) is 0.273. The van der Waals surface area contributed by atoms with Crippen LogP contribution in [0.25, 0.3) is 0 Å². The number of aromatic hydroxyl groups is 1. The number of hydrogen-bond donors (Lipinski definition) is 2. The first-order valence-electron chi connectivity index (χ1n) is 5.93. The molecule has 1 aromatic carbocycles. The van der Waals surface area contributed by atoms with Gasteiger partial charge in [0.1, 0.15) is 5.75 Å². The number of rotatable bonds is 3. The van der Waals surface area contributed by atoms with Gasteiger partial charge < -0.3 is 5.11 Å². The van der Waals surface area contributed by atoms with Gasteiger partial charge in [-0.2, -0.15) is 13.2 Å². The Morgan fingerprint density at radius 1 is 1.39 bits per heavy atom. The summed E-state index contributed by atoms with van der Waals surface area (Å²) in [7, 11) is -0.612. The minimum absolute atomic E-state index is 0.0674. The summed E-state index contributed by atoms with van der Waals surface area (Å²) in [5.74, 6) is -2.22. The van der Waals surface area contributed by atoms with Gasteiger partial charge in [0.05, 0.1) is 26.8 Å². The quantitative estimate of drug-likeness (QED) is 0.853. The van der Waals surface area contributed by atoms with Crippen LogP contribution in [0.2, 0.25) is 0 Å². The smallest absolute Gasteiger partial charge is 0.419 e. The average molecular weight is 349 g/mol. The number of carbonyl (C=O) groups excluding carboxylic acids is 1. The molecule has 2 aromatic rings. The average Bonchev–Trinajstić information content (AvgIpc) is 2.81. The van der Waals surface area contributed by atoms with Crippen molar-refractivity contribution in [1.29, 1.82) is 0 Å². The first-order chi connectivity index (χ1) is 10.6. The molecule has 8 nitrogen and oxygen atoms in total. The molecule has 0 aliphatic carbocycles. The van der Waals surface area contributed by atoms with E-state index in [-0.39, 0.29) is 11.5 Å². The second kappa shape index (κ2) is 5.95. The van der Waals surface area contributed by atoms with Crippen LogP contribution in [0.15, 0.2) is 17.0 Å². The van der Waals surface area contributed by atoms with Crippen molar-refractivity contribution >= 4 is 22.7 Å². The number of nitrogens with zero attached hydrogens (tertiary/aromatic N) is 4. The molecule has 0 fully saturated rings. The van der Waals surface area contributed by atoms with Gasteiger partial charge in [-0.25, -0.2) is 4.68 Å². The number of aromatic nitrogens is 4. The van der Waals surface area contributed by atoms with E-state index in [2.05, 4.69) is 20.8 Å². The van der Waals surface area contributed by atoms with E-state index in [9.17, 15) is 27.3 Å². The number of phenolic OH excluding ortho intramolecular Hbond substituents is 1. The van der Waals surface area contributed by atoms with Crippen molar-refractivity contribution in [2.45, 2.75) is 11.1 Å². The molecule has 2 rings (SSSR count). The fourth-order valence-corrected chi connectivity index (χ4v) is 2.63. The molecule has 1 atom stereocenters. The van der Waals surface area contributed by atoms with E-state index in [4.69, 9.17) is 0 Å². The highest BCUT2D eigenvalue weighted by atomic mass is 32.2. The summed E-state index contributed by atoms with van der Waals surface area (Å²) < 4.78 is 51.2. The van der Waals surface area contributed by atoms with Crippen molar-refractivity contribution in [2.24, 2.45) is 7.05 Å². The van der Waals surface area contributed by atoms with Gasteiger partial charge in [-0.1, -0.05) is 5.10 Å². The number of phenols is 1. The molecular weight excluding hydrogens is 339 g/mol. The molecule has 0 aliphatic rings. The molecule has 1 unspecified atom stereocenters. The van der Waals surface area contributed by atoms with Crippen molar-refractivity contribution in [2.75, 3.05) is 11.6 Å². The van der Waals surface area contributed by atoms with Gasteiger partial charge in [0, 0.05) is 13.3 Å². The molecule has 1 amide bonds. The standard InChI is InChI=1S/C11H10F3N5O3S/c1-19-10(16-17-18-19)15-9(21)5-3-4-6(11(12,13)14)7(20)8(5)23(2)22/h3-4,20H,1-2H3,(H,15,16,18,21). The molecule has 0 radical (unpaired) electrons. The number of hydrogen-bond acceptors (Lipinski definition) is 6. The normalized spacial score (nSPS) is 12.9. The van der Waals surface area contributed by atoms with Crippen LogP contribution in [0.1, 0.15) is 15.9 Å². The molecule has 0 saturated carbocycles. The monoisotopic (exact) mass is 349 g/mol. The molecular formula is C11H10F3N5O3S. The van der Waals surface area contributed by atoms with Crippen molar-refractivity contribution < 1.29 is 27.3 Å². The predicted molar refractivity (Wildman–Crippen MR) is 72.2 cm³/mol. The molecule has 0 saturated heterocycles. The third-order valence-corrected chi connectivity index (χ3v) is 3.80. The van der Waals surface area contributed by atoms with Crippen molar-refractivity contribution in [3.05, 3.63) is 23.3 Å². The second-order valence-electron chi connectivity index (χ2n) is 4.37. The fourth-order valence-electron chi connectivity index (χ4n) is 1.77. The Hall–Kier alpha value is -2.50. The van der Waals surface area contributed by atoms with Gasteiger partial charge in [0.2, 0.25) is 5.95 Å². The van der Waals surface area contributed by atoms with Crippen molar-refractivity contribution in [1.82, 2.24) is 20.2 Å². The van der Waals surface area contributed by atoms with Crippen LogP contribution in [-0.2, 0) is 24.0 Å². The van der Waals surface area contributed by atoms with Gasteiger partial charge in [-0.05, 0) is 22.6 Å². The molecule has 124 valence electrons. The van der Waals surface area contributed by atoms with Crippen LogP contribution in [0.4, 0.5) is 19.1 Å². The number of benzene rings is 1. The summed E-state index contributed by atoms with van der Waals surface area (Å²) in [4.78, 5) is 11.5. The number of aryl methyl sites for hydroxylation is 1. The summed E-state index contributed by atoms with van der Waals surface area (Å²) >= 11 is 0. The highest BCUT2D eigenvalue weighted by molar-refractivity contribution is 7.84. The van der Waals surface area contributed by atoms with E-state index >= 15 is 0 Å². The lowest BCUT2D eigenvalue weighted by molar-refractivity contribution is -0.139. The van der Waals surface area contributed by atoms with Crippen LogP contribution in [0.3, 0.4) is 0 Å². The summed E-state index contributed by atoms with van der Waals surface area (Å²) in [5.41, 5.74) is -1.75. The SMILES string of the molecule is Cn1nnnc1NC(=O)c1ccc(C(F)(F)F)c(O)c1S(C)=O. The topological polar surface area (TPSA) is 110 Å². The Bertz CT molecular complexity index is 790. The maximum absolute atomic E-state index is 12.8. The molecule has 23 heavy (non-hydrogen) atoms. The number of anilines is 1. The van der Waals surface area contributed by atoms with Gasteiger partial charge >= 0.3 is 6.18 Å². The zero-order valence-corrected chi connectivity index (χ0v) is 12.6. The van der Waals surface area contributed by atoms with Crippen LogP contribution in [0.5, 0.6) is 5.75 Å². The summed E-state index contributed by atoms with van der Waals surface area (Å²) in [5, 5.41) is 22.2. The highest BCUT2D eigenvalue weighted by Gasteiger charge is 2.36. The maximum atomic E-state index is 12.8. The number of halogens is 3. The van der Waals surface area contributed by atoms with E-state index in [1.807, 2.05) is 0 Å². The molecule has 12 heteroatoms. The number of carbonyl (C=O) groups is 1. The first-order valence-corrected chi connectivity index (χ1v) is 7.49. The Labute approximate surface area is 129 Å². The molecule has 2 N–H and O–H groups in total. The lowest BCUT2D eigenvalue weighted by atomic mass is 10.1. The van der Waals surface area contributed by atoms with Crippen LogP contribution in [0, 0.1) is 0 Å². The second-order valence-corrected chi connectivity index (χ2v) is 5.69. The maximum Gasteiger partial charge on any atom is 0.419 e. The summed E-state index contributed by atoms with van der Waals surface area (Å²) in [6.45, 7) is 0. The van der Waals surface area contributed by atoms with Crippen molar-refractivity contribution in [3.63, 3.8) is 0 Å². The van der Waals surface area contributed by atoms with Gasteiger partial charge in [0.25, 0.3) is 5.91 Å². The lowest BCUT2D eigenvalue weighted by Crippen LogP contribution is -2.18. The Balaban J connectivity index is 2.50. The predicted octanol–water partition coefficient (Wildman–Crippen LogP) is 0.924. The minimum Gasteiger partial charge on any atom is -0.506 e. The third-order valence-electron chi connectivity index (χ3n) is 2.81. The first kappa shape index (κ1) is 16.9. The number of nitrogens with one attached hydrogen (secondary N) is 1. The molecule has 0 bridgehead atoms. The molecule has 0 spiro atoms. The Kier molecular flexibility index (Phi) is 4.36. The zero-order valence-electron chi connectivity index (χ0n) is 11.7. The number of tetrazole rings is 1. The summed E-state index contributed by atoms with van der Waals surface area (Å²) in [6.07, 6.45) is -3.80. The zero-order chi connectivity index (χ0) is 17.4. The molecule has 0 aliphatic heterocycles. The largest absolute Gasteiger partial charge is 0.506 e. The van der Waals surface area contributed by atoms with Crippen LogP contribution >= 0.6 is 0 Å². The van der Waals surface area contributed by atoms with Crippen LogP contribution in [-0.4, -0.2) is 41.7 Å². The van der Waals surface area contributed by atoms with Crippen molar-refractivity contribution in [3.8, 4) is 5.75 Å². The number of alkyl halides is 3. The minimum atomic E-state index is -4.85. The van der Waals surface area contributed by atoms with E-state index in [0.29, 0.717) is 6.07 Å². The Morgan fingerprint density at radius 2 is 2.04 bits per heavy atom. The van der Waals surface area contributed by atoms with Gasteiger partial charge in [-0.15, -0.1) is 0 Å². The van der Waals surface area contributed by atoms with E-state index in [1.54, 1.807) is 0 Å².